The minimum absolute atomic E-state index is 0.210. The Bertz CT molecular complexity index is 2660. The molecule has 0 radical (unpaired) electrons. The Morgan fingerprint density at radius 1 is 0.233 bits per heavy atom. The molecule has 3 aliphatic rings. The summed E-state index contributed by atoms with van der Waals surface area (Å²) in [6.45, 7) is 1.84. The average molecular weight is 960 g/mol. The smallest absolute Gasteiger partial charge is 0.120 e. The number of hydrogen-bond donors (Lipinski definition) is 6. The van der Waals surface area contributed by atoms with Crippen LogP contribution >= 0.6 is 0 Å². The van der Waals surface area contributed by atoms with Gasteiger partial charge in [-0.15, -0.1) is 0 Å². The highest BCUT2D eigenvalue weighted by molar-refractivity contribution is 5.77. The van der Waals surface area contributed by atoms with Crippen LogP contribution in [0.5, 0.6) is 0 Å². The van der Waals surface area contributed by atoms with E-state index in [1.165, 1.54) is 0 Å². The van der Waals surface area contributed by atoms with E-state index in [0.29, 0.717) is 20.0 Å². The third-order valence-corrected chi connectivity index (χ3v) is 13.4. The molecule has 3 saturated heterocycles. The fourth-order valence-electron chi connectivity index (χ4n) is 9.62. The van der Waals surface area contributed by atoms with Gasteiger partial charge in [-0.25, -0.2) is 32.6 Å². The van der Waals surface area contributed by atoms with Crippen molar-refractivity contribution in [1.82, 2.24) is 32.6 Å². The normalized spacial score (nSPS) is 15.9. The predicted octanol–water partition coefficient (Wildman–Crippen LogP) is 11.1. The Hall–Kier alpha value is -8.66. The van der Waals surface area contributed by atoms with Gasteiger partial charge in [-0.3, -0.25) is 30.1 Å². The first-order chi connectivity index (χ1) is 36.1. The zero-order chi connectivity index (χ0) is 48.8. The molecule has 9 aromatic rings. The summed E-state index contributed by atoms with van der Waals surface area (Å²) in [5, 5.41) is 13.2. The van der Waals surface area contributed by atoms with Gasteiger partial charge < -0.3 is 4.90 Å². The molecule has 6 N–H and O–H groups in total. The molecule has 0 aliphatic carbocycles. The van der Waals surface area contributed by atoms with Crippen molar-refractivity contribution in [3.8, 4) is 0 Å². The summed E-state index contributed by atoms with van der Waals surface area (Å²) in [6.07, 6.45) is -0.630. The van der Waals surface area contributed by atoms with Gasteiger partial charge in [-0.2, -0.15) is 0 Å². The van der Waals surface area contributed by atoms with E-state index >= 15 is 0 Å². The molecule has 9 aromatic carbocycles. The SMILES string of the molecule is c1ccc(N2CN(c3ccccc3)NC(c3ccc(N(c4ccc(C5NN(c6ccccc6)CN(c6ccccc6)N5)cc4)c4ccc(C5NN(c6ccccc6)CN(c6ccccc6)N5)cc4)cc3)N2)cc1. The second kappa shape index (κ2) is 21.0. The standard InChI is InChI=1S/C60H57N13/c1-7-19-49(20-8-1)67-43-68(50-21-9-2-10-22-50)62-58(61-67)46-31-37-55(38-32-46)73(56-39-33-47(34-40-56)59-63-69(51-23-11-3-12-24-51)44-70(64-59)52-25-13-4-14-26-52)57-41-35-48(36-42-57)60-65-71(53-27-15-5-16-28-53)45-72(66-60)54-29-17-6-18-30-54/h1-42,58-66H,43-45H2. The maximum Gasteiger partial charge on any atom is 0.120 e. The van der Waals surface area contributed by atoms with Gasteiger partial charge in [0.1, 0.15) is 38.5 Å². The van der Waals surface area contributed by atoms with Crippen molar-refractivity contribution in [2.45, 2.75) is 18.5 Å². The molecule has 362 valence electrons. The zero-order valence-corrected chi connectivity index (χ0v) is 40.2. The first-order valence-electron chi connectivity index (χ1n) is 24.8. The quantitative estimate of drug-likeness (QED) is 0.0702. The molecule has 3 fully saturated rings. The van der Waals surface area contributed by atoms with Crippen molar-refractivity contribution in [1.29, 1.82) is 0 Å². The Morgan fingerprint density at radius 3 is 0.589 bits per heavy atom. The lowest BCUT2D eigenvalue weighted by molar-refractivity contribution is 0.348. The fraction of sp³-hybridized carbons (Fsp3) is 0.100. The molecule has 73 heavy (non-hydrogen) atoms. The molecule has 3 aliphatic heterocycles. The Kier molecular flexibility index (Phi) is 13.1. The molecule has 13 heteroatoms. The number of rotatable bonds is 12. The van der Waals surface area contributed by atoms with Crippen LogP contribution in [0.2, 0.25) is 0 Å². The summed E-state index contributed by atoms with van der Waals surface area (Å²) in [7, 11) is 0. The molecule has 0 bridgehead atoms. The van der Waals surface area contributed by atoms with Crippen molar-refractivity contribution < 1.29 is 0 Å². The number of anilines is 9. The molecule has 12 rings (SSSR count). The van der Waals surface area contributed by atoms with Crippen LogP contribution in [0.3, 0.4) is 0 Å². The number of nitrogens with zero attached hydrogens (tertiary/aromatic N) is 7. The van der Waals surface area contributed by atoms with Crippen LogP contribution in [0.1, 0.15) is 35.2 Å². The van der Waals surface area contributed by atoms with Crippen LogP contribution in [0.4, 0.5) is 51.2 Å². The van der Waals surface area contributed by atoms with Crippen molar-refractivity contribution >= 4 is 51.2 Å². The molecule has 0 atom stereocenters. The summed E-state index contributed by atoms with van der Waals surface area (Å²) in [5.74, 6) is 0. The van der Waals surface area contributed by atoms with E-state index in [2.05, 4.69) is 322 Å². The molecule has 13 nitrogen and oxygen atoms in total. The molecule has 3 heterocycles. The third kappa shape index (κ3) is 10.1. The molecular weight excluding hydrogens is 903 g/mol. The second-order valence-electron chi connectivity index (χ2n) is 18.2. The van der Waals surface area contributed by atoms with Gasteiger partial charge >= 0.3 is 0 Å². The number of para-hydroxylation sites is 6. The van der Waals surface area contributed by atoms with Gasteiger partial charge in [0.15, 0.2) is 0 Å². The lowest BCUT2D eigenvalue weighted by Crippen LogP contribution is -2.62. The van der Waals surface area contributed by atoms with Crippen LogP contribution in [0, 0.1) is 0 Å². The third-order valence-electron chi connectivity index (χ3n) is 13.4. The van der Waals surface area contributed by atoms with E-state index in [0.717, 1.165) is 67.9 Å². The van der Waals surface area contributed by atoms with Crippen molar-refractivity contribution in [3.05, 3.63) is 271 Å². The topological polar surface area (TPSA) is 94.9 Å². The van der Waals surface area contributed by atoms with Crippen LogP contribution < -0.4 is 67.5 Å². The molecule has 0 spiro atoms. The van der Waals surface area contributed by atoms with Crippen LogP contribution in [0.25, 0.3) is 0 Å². The van der Waals surface area contributed by atoms with E-state index in [9.17, 15) is 0 Å². The fourth-order valence-corrected chi connectivity index (χ4v) is 9.62. The van der Waals surface area contributed by atoms with Crippen LogP contribution in [0.15, 0.2) is 255 Å². The Morgan fingerprint density at radius 2 is 0.411 bits per heavy atom. The highest BCUT2D eigenvalue weighted by Gasteiger charge is 2.30. The highest BCUT2D eigenvalue weighted by Crippen LogP contribution is 2.37. The second-order valence-corrected chi connectivity index (χ2v) is 18.2. The summed E-state index contributed by atoms with van der Waals surface area (Å²) in [5.41, 5.74) is 35.4. The molecule has 0 amide bonds. The largest absolute Gasteiger partial charge is 0.311 e. The van der Waals surface area contributed by atoms with Crippen LogP contribution in [-0.4, -0.2) is 20.0 Å². The van der Waals surface area contributed by atoms with Crippen molar-refractivity contribution in [2.24, 2.45) is 0 Å². The molecule has 0 saturated carbocycles. The van der Waals surface area contributed by atoms with Crippen LogP contribution in [-0.2, 0) is 0 Å². The summed E-state index contributed by atoms with van der Waals surface area (Å²) in [6, 6.07) is 89.4. The first kappa shape index (κ1) is 45.5. The zero-order valence-electron chi connectivity index (χ0n) is 40.2. The van der Waals surface area contributed by atoms with E-state index in [4.69, 9.17) is 0 Å². The predicted molar refractivity (Wildman–Crippen MR) is 296 cm³/mol. The van der Waals surface area contributed by atoms with E-state index in [1.54, 1.807) is 0 Å². The summed E-state index contributed by atoms with van der Waals surface area (Å²) in [4.78, 5) is 2.33. The average Bonchev–Trinajstić information content (AvgIpc) is 3.49. The monoisotopic (exact) mass is 959 g/mol. The molecule has 0 unspecified atom stereocenters. The van der Waals surface area contributed by atoms with Gasteiger partial charge in [-0.1, -0.05) is 146 Å². The van der Waals surface area contributed by atoms with E-state index < -0.39 is 0 Å². The maximum atomic E-state index is 3.76. The van der Waals surface area contributed by atoms with E-state index in [-0.39, 0.29) is 18.5 Å². The lowest BCUT2D eigenvalue weighted by atomic mass is 10.1. The van der Waals surface area contributed by atoms with Gasteiger partial charge in [0.2, 0.25) is 0 Å². The first-order valence-corrected chi connectivity index (χ1v) is 24.8. The Balaban J connectivity index is 0.871. The number of benzene rings is 9. The summed E-state index contributed by atoms with van der Waals surface area (Å²) < 4.78 is 0. The number of nitrogens with one attached hydrogen (secondary N) is 6. The number of hydrogen-bond acceptors (Lipinski definition) is 13. The van der Waals surface area contributed by atoms with E-state index in [1.807, 2.05) is 0 Å². The minimum Gasteiger partial charge on any atom is -0.311 e. The van der Waals surface area contributed by atoms with Gasteiger partial charge in [0.05, 0.1) is 34.1 Å². The summed E-state index contributed by atoms with van der Waals surface area (Å²) >= 11 is 0. The minimum atomic E-state index is -0.210. The van der Waals surface area contributed by atoms with Gasteiger partial charge in [0, 0.05) is 17.1 Å². The Labute approximate surface area is 426 Å². The van der Waals surface area contributed by atoms with Crippen molar-refractivity contribution in [3.63, 3.8) is 0 Å². The lowest BCUT2D eigenvalue weighted by Gasteiger charge is -2.44. The van der Waals surface area contributed by atoms with Gasteiger partial charge in [0.25, 0.3) is 0 Å². The molecule has 0 aromatic heterocycles. The highest BCUT2D eigenvalue weighted by atomic mass is 15.7. The van der Waals surface area contributed by atoms with Crippen molar-refractivity contribution in [2.75, 3.05) is 55.0 Å². The molecular formula is C60H57N13. The number of hydrazine groups is 6. The maximum absolute atomic E-state index is 3.76. The van der Waals surface area contributed by atoms with Gasteiger partial charge in [-0.05, 0) is 126 Å².